The van der Waals surface area contributed by atoms with Crippen LogP contribution in [0.2, 0.25) is 0 Å². The molecule has 2 atom stereocenters. The number of anilines is 2. The Kier molecular flexibility index (Phi) is 6.04. The zero-order valence-corrected chi connectivity index (χ0v) is 19.8. The molecular weight excluding hydrogens is 497 g/mol. The van der Waals surface area contributed by atoms with Crippen molar-refractivity contribution in [3.63, 3.8) is 0 Å². The molecule has 1 aliphatic carbocycles. The van der Waals surface area contributed by atoms with Crippen molar-refractivity contribution in [3.05, 3.63) is 46.9 Å². The normalized spacial score (nSPS) is 19.9. The third-order valence-corrected chi connectivity index (χ3v) is 8.66. The maximum absolute atomic E-state index is 13.0. The number of pyridine rings is 1. The number of hydrogen-bond donors (Lipinski definition) is 2. The number of sulfonamides is 1. The van der Waals surface area contributed by atoms with E-state index >= 15 is 0 Å². The summed E-state index contributed by atoms with van der Waals surface area (Å²) in [6, 6.07) is 9.31. The van der Waals surface area contributed by atoms with Gasteiger partial charge in [-0.1, -0.05) is 0 Å². The fraction of sp³-hybridized carbons (Fsp3) is 0.435. The van der Waals surface area contributed by atoms with Crippen LogP contribution in [0.1, 0.15) is 31.7 Å². The van der Waals surface area contributed by atoms with Crippen molar-refractivity contribution in [3.8, 4) is 6.07 Å². The Bertz CT molecular complexity index is 1490. The van der Waals surface area contributed by atoms with Crippen LogP contribution in [0, 0.1) is 23.2 Å². The molecule has 1 saturated carbocycles. The summed E-state index contributed by atoms with van der Waals surface area (Å²) in [7, 11) is -4.08. The van der Waals surface area contributed by atoms with E-state index in [-0.39, 0.29) is 41.7 Å². The van der Waals surface area contributed by atoms with Gasteiger partial charge >= 0.3 is 6.18 Å². The fourth-order valence-electron chi connectivity index (χ4n) is 4.68. The fourth-order valence-corrected chi connectivity index (χ4v) is 6.18. The molecule has 0 bridgehead atoms. The van der Waals surface area contributed by atoms with Gasteiger partial charge in [0.2, 0.25) is 10.0 Å². The number of fused-ring (bicyclic) bond motifs is 1. The Labute approximate surface area is 204 Å². The molecule has 1 unspecified atom stereocenters. The number of halogens is 3. The molecule has 3 aromatic rings. The van der Waals surface area contributed by atoms with Crippen molar-refractivity contribution in [2.45, 2.75) is 42.8 Å². The number of hydrogen-bond acceptors (Lipinski definition) is 6. The van der Waals surface area contributed by atoms with Gasteiger partial charge in [-0.2, -0.15) is 27.8 Å². The maximum Gasteiger partial charge on any atom is 0.393 e. The molecule has 1 aliphatic heterocycles. The molecule has 2 N–H and O–H groups in total. The molecule has 0 spiro atoms. The molecule has 1 saturated heterocycles. The van der Waals surface area contributed by atoms with Crippen LogP contribution in [0.3, 0.4) is 0 Å². The number of alkyl halides is 3. The van der Waals surface area contributed by atoms with Gasteiger partial charge in [-0.15, -0.1) is 0 Å². The lowest BCUT2D eigenvalue weighted by molar-refractivity contribution is -0.169. The zero-order valence-electron chi connectivity index (χ0n) is 19.0. The minimum absolute atomic E-state index is 0.119. The standard InChI is InChI=1S/C23H23F3N6O3S/c24-23(25,26)15-9-12-31(13-15)36(34,35)17-5-3-16(4-6-17)29-21-20-19(8-11-28-22(20)33)32(30-21)18(7-10-27)14-1-2-14/h3-6,8,11,14-15,18H,1-2,7,9,12-13H2,(H,28,33)(H,29,30)/t15-,18?/m0/s1. The highest BCUT2D eigenvalue weighted by Crippen LogP contribution is 2.43. The third kappa shape index (κ3) is 4.46. The first-order valence-electron chi connectivity index (χ1n) is 11.5. The summed E-state index contributed by atoms with van der Waals surface area (Å²) in [6.07, 6.45) is -0.961. The van der Waals surface area contributed by atoms with Crippen LogP contribution in [-0.4, -0.2) is 46.8 Å². The number of rotatable bonds is 7. The molecule has 190 valence electrons. The van der Waals surface area contributed by atoms with Crippen LogP contribution in [0.5, 0.6) is 0 Å². The monoisotopic (exact) mass is 520 g/mol. The van der Waals surface area contributed by atoms with Gasteiger partial charge in [-0.3, -0.25) is 9.48 Å². The SMILES string of the molecule is N#CCC(C1CC1)n1nc(Nc2ccc(S(=O)(=O)N3CC[C@H](C(F)(F)F)C3)cc2)c2c(=O)[nH]ccc21. The van der Waals surface area contributed by atoms with Crippen LogP contribution < -0.4 is 10.9 Å². The molecule has 9 nitrogen and oxygen atoms in total. The van der Waals surface area contributed by atoms with E-state index < -0.39 is 28.7 Å². The number of H-pyrrole nitrogens is 1. The molecule has 1 aromatic carbocycles. The Morgan fingerprint density at radius 1 is 1.19 bits per heavy atom. The van der Waals surface area contributed by atoms with Crippen LogP contribution in [0.15, 0.2) is 46.2 Å². The number of nitrogens with zero attached hydrogens (tertiary/aromatic N) is 4. The van der Waals surface area contributed by atoms with E-state index in [1.54, 1.807) is 10.7 Å². The van der Waals surface area contributed by atoms with Crippen molar-refractivity contribution < 1.29 is 21.6 Å². The van der Waals surface area contributed by atoms with E-state index in [0.717, 1.165) is 17.1 Å². The van der Waals surface area contributed by atoms with E-state index in [4.69, 9.17) is 0 Å². The van der Waals surface area contributed by atoms with E-state index in [0.29, 0.717) is 22.5 Å². The Hall–Kier alpha value is -3.37. The summed E-state index contributed by atoms with van der Waals surface area (Å²) in [5, 5.41) is 17.2. The summed E-state index contributed by atoms with van der Waals surface area (Å²) in [5.41, 5.74) is 0.669. The lowest BCUT2D eigenvalue weighted by atomic mass is 10.1. The number of nitrogens with one attached hydrogen (secondary N) is 2. The van der Waals surface area contributed by atoms with Crippen molar-refractivity contribution in [1.29, 1.82) is 5.26 Å². The lowest BCUT2D eigenvalue weighted by Gasteiger charge is -2.18. The summed E-state index contributed by atoms with van der Waals surface area (Å²) in [4.78, 5) is 15.1. The van der Waals surface area contributed by atoms with Crippen molar-refractivity contribution in [2.75, 3.05) is 18.4 Å². The molecular formula is C23H23F3N6O3S. The smallest absolute Gasteiger partial charge is 0.338 e. The van der Waals surface area contributed by atoms with Crippen LogP contribution in [0.4, 0.5) is 24.7 Å². The average Bonchev–Trinajstić information content (AvgIpc) is 3.40. The first kappa shape index (κ1) is 24.3. The molecule has 5 rings (SSSR count). The first-order chi connectivity index (χ1) is 17.1. The van der Waals surface area contributed by atoms with Crippen molar-refractivity contribution in [1.82, 2.24) is 19.1 Å². The first-order valence-corrected chi connectivity index (χ1v) is 12.9. The Morgan fingerprint density at radius 2 is 1.92 bits per heavy atom. The number of aromatic amines is 1. The van der Waals surface area contributed by atoms with Crippen LogP contribution in [-0.2, 0) is 10.0 Å². The van der Waals surface area contributed by atoms with Gasteiger partial charge in [0.05, 0.1) is 34.9 Å². The van der Waals surface area contributed by atoms with E-state index in [1.807, 2.05) is 0 Å². The van der Waals surface area contributed by atoms with E-state index in [1.165, 1.54) is 30.5 Å². The summed E-state index contributed by atoms with van der Waals surface area (Å²) < 4.78 is 67.2. The van der Waals surface area contributed by atoms with Crippen LogP contribution in [0.25, 0.3) is 10.9 Å². The molecule has 36 heavy (non-hydrogen) atoms. The van der Waals surface area contributed by atoms with Gasteiger partial charge in [0.1, 0.15) is 5.39 Å². The second-order valence-corrected chi connectivity index (χ2v) is 11.1. The van der Waals surface area contributed by atoms with Gasteiger partial charge in [0, 0.05) is 25.0 Å². The van der Waals surface area contributed by atoms with Gasteiger partial charge in [0.15, 0.2) is 5.82 Å². The van der Waals surface area contributed by atoms with Gasteiger partial charge in [-0.05, 0) is 55.5 Å². The maximum atomic E-state index is 13.0. The Morgan fingerprint density at radius 3 is 2.53 bits per heavy atom. The summed E-state index contributed by atoms with van der Waals surface area (Å²) in [6.45, 7) is -0.785. The summed E-state index contributed by atoms with van der Waals surface area (Å²) in [5.74, 6) is -1.10. The third-order valence-electron chi connectivity index (χ3n) is 6.78. The van der Waals surface area contributed by atoms with E-state index in [9.17, 15) is 31.6 Å². The highest BCUT2D eigenvalue weighted by Gasteiger charge is 2.46. The average molecular weight is 521 g/mol. The molecule has 2 fully saturated rings. The molecule has 2 aliphatic rings. The largest absolute Gasteiger partial charge is 0.393 e. The number of aromatic nitrogens is 3. The highest BCUT2D eigenvalue weighted by atomic mass is 32.2. The van der Waals surface area contributed by atoms with Gasteiger partial charge in [-0.25, -0.2) is 8.42 Å². The highest BCUT2D eigenvalue weighted by molar-refractivity contribution is 7.89. The minimum atomic E-state index is -4.44. The van der Waals surface area contributed by atoms with Crippen molar-refractivity contribution >= 4 is 32.4 Å². The quantitative estimate of drug-likeness (QED) is 0.487. The predicted octanol–water partition coefficient (Wildman–Crippen LogP) is 3.91. The Balaban J connectivity index is 1.41. The van der Waals surface area contributed by atoms with Gasteiger partial charge < -0.3 is 10.3 Å². The topological polar surface area (TPSA) is 124 Å². The molecule has 3 heterocycles. The second-order valence-electron chi connectivity index (χ2n) is 9.17. The number of nitriles is 1. The van der Waals surface area contributed by atoms with Gasteiger partial charge in [0.25, 0.3) is 5.56 Å². The minimum Gasteiger partial charge on any atom is -0.338 e. The molecule has 0 amide bonds. The predicted molar refractivity (Wildman–Crippen MR) is 125 cm³/mol. The van der Waals surface area contributed by atoms with E-state index in [2.05, 4.69) is 21.5 Å². The second kappa shape index (κ2) is 8.94. The summed E-state index contributed by atoms with van der Waals surface area (Å²) >= 11 is 0. The zero-order chi connectivity index (χ0) is 25.7. The molecule has 0 radical (unpaired) electrons. The number of benzene rings is 1. The van der Waals surface area contributed by atoms with Crippen LogP contribution >= 0.6 is 0 Å². The lowest BCUT2D eigenvalue weighted by Crippen LogP contribution is -2.32. The molecule has 13 heteroatoms. The van der Waals surface area contributed by atoms with Crippen molar-refractivity contribution in [2.24, 2.45) is 11.8 Å². The molecule has 2 aromatic heterocycles.